The van der Waals surface area contributed by atoms with Crippen molar-refractivity contribution in [2.24, 2.45) is 0 Å². The van der Waals surface area contributed by atoms with Gasteiger partial charge in [-0.25, -0.2) is 0 Å². The Kier molecular flexibility index (Phi) is 6.20. The van der Waals surface area contributed by atoms with Crippen LogP contribution in [0, 0.1) is 0 Å². The van der Waals surface area contributed by atoms with Crippen LogP contribution in [-0.4, -0.2) is 20.3 Å². The topological polar surface area (TPSA) is 18.5 Å². The molecule has 6 heteroatoms. The normalized spacial score (nSPS) is 11.6. The van der Waals surface area contributed by atoms with E-state index in [1.54, 1.807) is 13.2 Å². The smallest absolute Gasteiger partial charge is 0.416 e. The minimum absolute atomic E-state index is 0.257. The summed E-state index contributed by atoms with van der Waals surface area (Å²) in [5.74, 6) is 0.257. The first-order chi connectivity index (χ1) is 8.47. The summed E-state index contributed by atoms with van der Waals surface area (Å²) in [6.45, 7) is 0.869. The van der Waals surface area contributed by atoms with Crippen LogP contribution in [0.15, 0.2) is 18.2 Å². The highest BCUT2D eigenvalue weighted by Gasteiger charge is 2.31. The molecule has 0 radical (unpaired) electrons. The molecule has 0 amide bonds. The second kappa shape index (κ2) is 7.18. The second-order valence-corrected chi connectivity index (χ2v) is 4.45. The summed E-state index contributed by atoms with van der Waals surface area (Å²) in [5.41, 5.74) is -0.0643. The summed E-state index contributed by atoms with van der Waals surface area (Å²) in [5, 5.41) is 0. The molecule has 0 aliphatic rings. The van der Waals surface area contributed by atoms with Crippen molar-refractivity contribution >= 4 is 22.6 Å². The summed E-state index contributed by atoms with van der Waals surface area (Å²) in [7, 11) is 1.57. The molecule has 0 atom stereocenters. The molecular formula is C12H14F3IO2. The van der Waals surface area contributed by atoms with Gasteiger partial charge in [0.05, 0.1) is 12.2 Å². The molecule has 102 valence electrons. The molecule has 1 rings (SSSR count). The molecule has 1 aromatic carbocycles. The van der Waals surface area contributed by atoms with Crippen LogP contribution in [0.3, 0.4) is 0 Å². The van der Waals surface area contributed by atoms with E-state index in [4.69, 9.17) is 9.47 Å². The minimum atomic E-state index is -4.34. The first-order valence-corrected chi connectivity index (χ1v) is 6.89. The Bertz CT molecular complexity index is 380. The van der Waals surface area contributed by atoms with Crippen LogP contribution in [0.2, 0.25) is 0 Å². The van der Waals surface area contributed by atoms with Crippen molar-refractivity contribution in [2.75, 3.05) is 20.3 Å². The highest BCUT2D eigenvalue weighted by molar-refractivity contribution is 14.1. The summed E-state index contributed by atoms with van der Waals surface area (Å²) < 4.78 is 48.6. The average Bonchev–Trinajstić information content (AvgIpc) is 2.33. The zero-order chi connectivity index (χ0) is 13.6. The van der Waals surface area contributed by atoms with Gasteiger partial charge in [0.15, 0.2) is 0 Å². The fraction of sp³-hybridized carbons (Fsp3) is 0.500. The van der Waals surface area contributed by atoms with Gasteiger partial charge in [0.2, 0.25) is 0 Å². The monoisotopic (exact) mass is 374 g/mol. The Balaban J connectivity index is 2.78. The van der Waals surface area contributed by atoms with E-state index in [9.17, 15) is 13.2 Å². The average molecular weight is 374 g/mol. The van der Waals surface area contributed by atoms with Gasteiger partial charge < -0.3 is 9.47 Å². The van der Waals surface area contributed by atoms with Gasteiger partial charge in [0, 0.05) is 24.6 Å². The van der Waals surface area contributed by atoms with Crippen molar-refractivity contribution in [3.8, 4) is 5.75 Å². The molecule has 0 fully saturated rings. The van der Waals surface area contributed by atoms with Gasteiger partial charge >= 0.3 is 6.18 Å². The van der Waals surface area contributed by atoms with Crippen molar-refractivity contribution < 1.29 is 22.6 Å². The zero-order valence-corrected chi connectivity index (χ0v) is 12.0. The molecule has 0 bridgehead atoms. The maximum atomic E-state index is 12.6. The van der Waals surface area contributed by atoms with Crippen molar-refractivity contribution in [1.29, 1.82) is 0 Å². The van der Waals surface area contributed by atoms with E-state index in [-0.39, 0.29) is 5.75 Å². The lowest BCUT2D eigenvalue weighted by molar-refractivity contribution is -0.137. The molecule has 0 aliphatic carbocycles. The van der Waals surface area contributed by atoms with E-state index in [2.05, 4.69) is 0 Å². The van der Waals surface area contributed by atoms with Crippen molar-refractivity contribution in [2.45, 2.75) is 17.0 Å². The van der Waals surface area contributed by atoms with E-state index in [1.165, 1.54) is 0 Å². The van der Waals surface area contributed by atoms with Crippen LogP contribution in [0.5, 0.6) is 5.75 Å². The van der Waals surface area contributed by atoms with Crippen LogP contribution in [0.1, 0.15) is 17.5 Å². The highest BCUT2D eigenvalue weighted by atomic mass is 127. The van der Waals surface area contributed by atoms with Crippen LogP contribution in [0.25, 0.3) is 0 Å². The molecule has 0 saturated heterocycles. The number of ether oxygens (including phenoxy) is 2. The van der Waals surface area contributed by atoms with Crippen LogP contribution >= 0.6 is 22.6 Å². The SMILES string of the molecule is COCCCOc1cc(CI)cc(C(F)(F)F)c1. The Morgan fingerprint density at radius 1 is 1.17 bits per heavy atom. The first-order valence-electron chi connectivity index (χ1n) is 5.36. The predicted octanol–water partition coefficient (Wildman–Crippen LogP) is 4.06. The van der Waals surface area contributed by atoms with E-state index < -0.39 is 11.7 Å². The van der Waals surface area contributed by atoms with Gasteiger partial charge in [-0.2, -0.15) is 13.2 Å². The summed E-state index contributed by atoms with van der Waals surface area (Å²) in [6, 6.07) is 3.81. The molecule has 0 heterocycles. The molecule has 0 spiro atoms. The number of hydrogen-bond donors (Lipinski definition) is 0. The number of hydrogen-bond acceptors (Lipinski definition) is 2. The maximum Gasteiger partial charge on any atom is 0.416 e. The van der Waals surface area contributed by atoms with Crippen molar-refractivity contribution in [3.63, 3.8) is 0 Å². The third-order valence-electron chi connectivity index (χ3n) is 2.21. The predicted molar refractivity (Wildman–Crippen MR) is 71.2 cm³/mol. The number of halogens is 4. The molecule has 0 aliphatic heterocycles. The van der Waals surface area contributed by atoms with Gasteiger partial charge in [-0.15, -0.1) is 0 Å². The lowest BCUT2D eigenvalue weighted by Crippen LogP contribution is -2.07. The summed E-state index contributed by atoms with van der Waals surface area (Å²) >= 11 is 2.02. The molecule has 0 saturated carbocycles. The number of benzene rings is 1. The first kappa shape index (κ1) is 15.6. The fourth-order valence-corrected chi connectivity index (χ4v) is 1.82. The summed E-state index contributed by atoms with van der Waals surface area (Å²) in [4.78, 5) is 0. The minimum Gasteiger partial charge on any atom is -0.493 e. The number of alkyl halides is 4. The zero-order valence-electron chi connectivity index (χ0n) is 9.89. The largest absolute Gasteiger partial charge is 0.493 e. The lowest BCUT2D eigenvalue weighted by atomic mass is 10.1. The Labute approximate surface area is 118 Å². The maximum absolute atomic E-state index is 12.6. The fourth-order valence-electron chi connectivity index (χ4n) is 1.38. The van der Waals surface area contributed by atoms with E-state index in [1.807, 2.05) is 22.6 Å². The Morgan fingerprint density at radius 3 is 2.44 bits per heavy atom. The van der Waals surface area contributed by atoms with Crippen LogP contribution in [0.4, 0.5) is 13.2 Å². The van der Waals surface area contributed by atoms with E-state index in [0.29, 0.717) is 29.6 Å². The van der Waals surface area contributed by atoms with Crippen molar-refractivity contribution in [3.05, 3.63) is 29.3 Å². The van der Waals surface area contributed by atoms with Crippen LogP contribution < -0.4 is 4.74 Å². The molecule has 1 aromatic rings. The molecule has 0 unspecified atom stereocenters. The summed E-state index contributed by atoms with van der Waals surface area (Å²) in [6.07, 6.45) is -3.70. The van der Waals surface area contributed by atoms with Gasteiger partial charge in [-0.1, -0.05) is 22.6 Å². The van der Waals surface area contributed by atoms with Gasteiger partial charge in [0.1, 0.15) is 5.75 Å². The van der Waals surface area contributed by atoms with E-state index >= 15 is 0 Å². The highest BCUT2D eigenvalue weighted by Crippen LogP contribution is 2.33. The van der Waals surface area contributed by atoms with Gasteiger partial charge in [-0.05, 0) is 23.8 Å². The van der Waals surface area contributed by atoms with Crippen molar-refractivity contribution in [1.82, 2.24) is 0 Å². The van der Waals surface area contributed by atoms with Gasteiger partial charge in [0.25, 0.3) is 0 Å². The van der Waals surface area contributed by atoms with Gasteiger partial charge in [-0.3, -0.25) is 0 Å². The van der Waals surface area contributed by atoms with E-state index in [0.717, 1.165) is 12.1 Å². The lowest BCUT2D eigenvalue weighted by Gasteiger charge is -2.12. The molecule has 0 N–H and O–H groups in total. The third kappa shape index (κ3) is 5.01. The van der Waals surface area contributed by atoms with Crippen LogP contribution in [-0.2, 0) is 15.3 Å². The molecule has 0 aromatic heterocycles. The second-order valence-electron chi connectivity index (χ2n) is 3.69. The standard InChI is InChI=1S/C12H14F3IO2/c1-17-3-2-4-18-11-6-9(8-16)5-10(7-11)12(13,14)15/h5-7H,2-4,8H2,1H3. The number of methoxy groups -OCH3 is 1. The third-order valence-corrected chi connectivity index (χ3v) is 3.09. The Morgan fingerprint density at radius 2 is 1.89 bits per heavy atom. The molecule has 18 heavy (non-hydrogen) atoms. The quantitative estimate of drug-likeness (QED) is 0.425. The Hall–Kier alpha value is -0.500. The molecular weight excluding hydrogens is 360 g/mol. The number of rotatable bonds is 6. The molecule has 2 nitrogen and oxygen atoms in total.